The van der Waals surface area contributed by atoms with Gasteiger partial charge in [-0.2, -0.15) is 0 Å². The summed E-state index contributed by atoms with van der Waals surface area (Å²) in [7, 11) is 0. The van der Waals surface area contributed by atoms with Crippen molar-refractivity contribution in [2.24, 2.45) is 0 Å². The summed E-state index contributed by atoms with van der Waals surface area (Å²) >= 11 is 0. The van der Waals surface area contributed by atoms with E-state index in [-0.39, 0.29) is 24.8 Å². The van der Waals surface area contributed by atoms with E-state index in [0.29, 0.717) is 0 Å². The molecule has 29 heavy (non-hydrogen) atoms. The summed E-state index contributed by atoms with van der Waals surface area (Å²) in [6.07, 6.45) is 3.42. The molecular weight excluding hydrogens is 370 g/mol. The smallest absolute Gasteiger partial charge is 0.347 e. The van der Waals surface area contributed by atoms with Crippen LogP contribution in [-0.2, 0) is 32.0 Å². The Morgan fingerprint density at radius 3 is 2.41 bits per heavy atom. The Balaban J connectivity index is 2.11. The molecule has 7 heteroatoms. The standard InChI is InChI=1S/C22H29N3O4/c1-6-24-15(5)23-18-12-19-16(11-20(18)24)10-9-14(4)25(19)13-17(21(26)28-7-2)22(27)29-8-3/h11-14H,6-10H2,1-5H3. The van der Waals surface area contributed by atoms with Crippen LogP contribution in [-0.4, -0.2) is 40.7 Å². The van der Waals surface area contributed by atoms with Crippen molar-refractivity contribution in [3.63, 3.8) is 0 Å². The first-order valence-corrected chi connectivity index (χ1v) is 10.2. The second-order valence-electron chi connectivity index (χ2n) is 7.15. The van der Waals surface area contributed by atoms with E-state index >= 15 is 0 Å². The van der Waals surface area contributed by atoms with Crippen LogP contribution in [0.5, 0.6) is 0 Å². The zero-order chi connectivity index (χ0) is 21.1. The van der Waals surface area contributed by atoms with Crippen molar-refractivity contribution in [1.29, 1.82) is 0 Å². The van der Waals surface area contributed by atoms with E-state index in [1.165, 1.54) is 5.56 Å². The minimum absolute atomic E-state index is 0.0937. The van der Waals surface area contributed by atoms with E-state index in [2.05, 4.69) is 24.5 Å². The minimum atomic E-state index is -0.669. The summed E-state index contributed by atoms with van der Waals surface area (Å²) in [6, 6.07) is 4.34. The van der Waals surface area contributed by atoms with Crippen molar-refractivity contribution in [2.45, 2.75) is 60.0 Å². The molecule has 0 radical (unpaired) electrons. The number of aryl methyl sites for hydroxylation is 3. The van der Waals surface area contributed by atoms with Crippen molar-refractivity contribution in [2.75, 3.05) is 18.1 Å². The zero-order valence-electron chi connectivity index (χ0n) is 17.8. The molecule has 7 nitrogen and oxygen atoms in total. The fourth-order valence-corrected chi connectivity index (χ4v) is 3.85. The van der Waals surface area contributed by atoms with Crippen LogP contribution in [0.1, 0.15) is 45.5 Å². The Bertz CT molecular complexity index is 941. The van der Waals surface area contributed by atoms with E-state index < -0.39 is 11.9 Å². The first-order valence-electron chi connectivity index (χ1n) is 10.2. The third kappa shape index (κ3) is 3.99. The maximum atomic E-state index is 12.4. The third-order valence-corrected chi connectivity index (χ3v) is 5.30. The van der Waals surface area contributed by atoms with E-state index in [1.807, 2.05) is 17.9 Å². The van der Waals surface area contributed by atoms with Gasteiger partial charge in [-0.1, -0.05) is 0 Å². The quantitative estimate of drug-likeness (QED) is 0.320. The van der Waals surface area contributed by atoms with Gasteiger partial charge >= 0.3 is 11.9 Å². The number of carbonyl (C=O) groups excluding carboxylic acids is 2. The molecule has 156 valence electrons. The number of anilines is 1. The predicted octanol–water partition coefficient (Wildman–Crippen LogP) is 3.52. The molecule has 1 aliphatic rings. The molecule has 1 unspecified atom stereocenters. The number of carbonyl (C=O) groups is 2. The highest BCUT2D eigenvalue weighted by Crippen LogP contribution is 2.35. The van der Waals surface area contributed by atoms with Crippen LogP contribution >= 0.6 is 0 Å². The van der Waals surface area contributed by atoms with Crippen LogP contribution in [0.2, 0.25) is 0 Å². The van der Waals surface area contributed by atoms with Gasteiger partial charge in [0.25, 0.3) is 0 Å². The summed E-state index contributed by atoms with van der Waals surface area (Å²) < 4.78 is 12.4. The first-order chi connectivity index (χ1) is 13.9. The van der Waals surface area contributed by atoms with Crippen LogP contribution < -0.4 is 4.90 Å². The van der Waals surface area contributed by atoms with Crippen molar-refractivity contribution in [1.82, 2.24) is 9.55 Å². The highest BCUT2D eigenvalue weighted by molar-refractivity contribution is 6.14. The van der Waals surface area contributed by atoms with E-state index in [1.54, 1.807) is 20.0 Å². The molecular formula is C22H29N3O4. The molecule has 0 saturated carbocycles. The number of ether oxygens (including phenoxy) is 2. The number of nitrogens with zero attached hydrogens (tertiary/aromatic N) is 3. The Morgan fingerprint density at radius 1 is 1.17 bits per heavy atom. The van der Waals surface area contributed by atoms with Crippen LogP contribution in [0.25, 0.3) is 11.0 Å². The minimum Gasteiger partial charge on any atom is -0.462 e. The van der Waals surface area contributed by atoms with Gasteiger partial charge < -0.3 is 18.9 Å². The van der Waals surface area contributed by atoms with Crippen LogP contribution in [0.3, 0.4) is 0 Å². The Morgan fingerprint density at radius 2 is 1.83 bits per heavy atom. The maximum Gasteiger partial charge on any atom is 0.347 e. The number of rotatable bonds is 6. The fraction of sp³-hybridized carbons (Fsp3) is 0.500. The molecule has 0 amide bonds. The predicted molar refractivity (Wildman–Crippen MR) is 112 cm³/mol. The van der Waals surface area contributed by atoms with Gasteiger partial charge in [-0.3, -0.25) is 0 Å². The fourth-order valence-electron chi connectivity index (χ4n) is 3.85. The molecule has 1 aromatic carbocycles. The molecule has 2 heterocycles. The Hall–Kier alpha value is -2.83. The first kappa shape index (κ1) is 20.9. The van der Waals surface area contributed by atoms with E-state index in [4.69, 9.17) is 14.5 Å². The van der Waals surface area contributed by atoms with Crippen LogP contribution in [0.4, 0.5) is 5.69 Å². The lowest BCUT2D eigenvalue weighted by Gasteiger charge is -2.35. The molecule has 3 rings (SSSR count). The number of imidazole rings is 1. The second-order valence-corrected chi connectivity index (χ2v) is 7.15. The number of hydrogen-bond acceptors (Lipinski definition) is 6. The molecule has 1 aliphatic heterocycles. The van der Waals surface area contributed by atoms with Gasteiger partial charge in [-0.15, -0.1) is 0 Å². The lowest BCUT2D eigenvalue weighted by molar-refractivity contribution is -0.146. The average Bonchev–Trinajstić information content (AvgIpc) is 2.99. The lowest BCUT2D eigenvalue weighted by atomic mass is 9.96. The molecule has 0 aliphatic carbocycles. The SMILES string of the molecule is CCOC(=O)C(=CN1c2cc3nc(C)n(CC)c3cc2CCC1C)C(=O)OCC. The van der Waals surface area contributed by atoms with Gasteiger partial charge in [0.05, 0.1) is 24.2 Å². The van der Waals surface area contributed by atoms with Crippen molar-refractivity contribution >= 4 is 28.7 Å². The highest BCUT2D eigenvalue weighted by Gasteiger charge is 2.28. The molecule has 0 fully saturated rings. The normalized spacial score (nSPS) is 15.8. The molecule has 2 aromatic rings. The van der Waals surface area contributed by atoms with Gasteiger partial charge in [0.2, 0.25) is 0 Å². The van der Waals surface area contributed by atoms with Gasteiger partial charge in [0.15, 0.2) is 5.57 Å². The highest BCUT2D eigenvalue weighted by atomic mass is 16.6. The molecule has 0 spiro atoms. The summed E-state index contributed by atoms with van der Waals surface area (Å²) in [5, 5.41) is 0. The van der Waals surface area contributed by atoms with E-state index in [9.17, 15) is 9.59 Å². The van der Waals surface area contributed by atoms with Crippen molar-refractivity contribution in [3.05, 3.63) is 35.3 Å². The number of benzene rings is 1. The maximum absolute atomic E-state index is 12.4. The summed E-state index contributed by atoms with van der Waals surface area (Å²) in [6.45, 7) is 10.8. The summed E-state index contributed by atoms with van der Waals surface area (Å²) in [5.41, 5.74) is 4.06. The molecule has 0 bridgehead atoms. The van der Waals surface area contributed by atoms with Gasteiger partial charge in [0.1, 0.15) is 5.82 Å². The molecule has 0 N–H and O–H groups in total. The Kier molecular flexibility index (Phi) is 6.25. The Labute approximate surface area is 171 Å². The third-order valence-electron chi connectivity index (χ3n) is 5.30. The monoisotopic (exact) mass is 399 g/mol. The second kappa shape index (κ2) is 8.68. The lowest BCUT2D eigenvalue weighted by Crippen LogP contribution is -2.35. The van der Waals surface area contributed by atoms with Crippen LogP contribution in [0, 0.1) is 6.92 Å². The number of hydrogen-bond donors (Lipinski definition) is 0. The largest absolute Gasteiger partial charge is 0.462 e. The number of fused-ring (bicyclic) bond motifs is 2. The van der Waals surface area contributed by atoms with Crippen molar-refractivity contribution < 1.29 is 19.1 Å². The van der Waals surface area contributed by atoms with Crippen molar-refractivity contribution in [3.8, 4) is 0 Å². The van der Waals surface area contributed by atoms with Gasteiger partial charge in [0, 0.05) is 24.5 Å². The molecule has 1 atom stereocenters. The topological polar surface area (TPSA) is 73.7 Å². The number of aromatic nitrogens is 2. The average molecular weight is 399 g/mol. The summed E-state index contributed by atoms with van der Waals surface area (Å²) in [5.74, 6) is -0.367. The van der Waals surface area contributed by atoms with Crippen LogP contribution in [0.15, 0.2) is 23.9 Å². The molecule has 0 saturated heterocycles. The number of esters is 2. The van der Waals surface area contributed by atoms with Gasteiger partial charge in [-0.25, -0.2) is 14.6 Å². The molecule has 1 aromatic heterocycles. The van der Waals surface area contributed by atoms with Gasteiger partial charge in [-0.05, 0) is 65.2 Å². The van der Waals surface area contributed by atoms with E-state index in [0.717, 1.165) is 41.9 Å². The zero-order valence-corrected chi connectivity index (χ0v) is 17.8. The summed E-state index contributed by atoms with van der Waals surface area (Å²) in [4.78, 5) is 31.5.